The highest BCUT2D eigenvalue weighted by Crippen LogP contribution is 2.34. The fourth-order valence-electron chi connectivity index (χ4n) is 4.60. The fraction of sp³-hybridized carbons (Fsp3) is 0.450. The second-order valence-electron chi connectivity index (χ2n) is 7.45. The van der Waals surface area contributed by atoms with Crippen LogP contribution in [0.15, 0.2) is 42.7 Å². The fourth-order valence-corrected chi connectivity index (χ4v) is 4.60. The Morgan fingerprint density at radius 1 is 1.08 bits per heavy atom. The molecule has 134 valence electrons. The van der Waals surface area contributed by atoms with Crippen LogP contribution in [-0.2, 0) is 11.2 Å². The average molecular weight is 349 g/mol. The Morgan fingerprint density at radius 3 is 2.65 bits per heavy atom. The Hall–Kier alpha value is -2.47. The Balaban J connectivity index is 1.26. The number of rotatable bonds is 3. The summed E-state index contributed by atoms with van der Waals surface area (Å²) in [6.45, 7) is 3.17. The van der Waals surface area contributed by atoms with E-state index in [1.165, 1.54) is 12.0 Å². The van der Waals surface area contributed by atoms with Crippen molar-refractivity contribution >= 4 is 17.5 Å². The summed E-state index contributed by atoms with van der Waals surface area (Å²) in [7, 11) is 0. The molecule has 1 amide bonds. The van der Waals surface area contributed by atoms with Gasteiger partial charge in [0.15, 0.2) is 0 Å². The summed E-state index contributed by atoms with van der Waals surface area (Å²) in [4.78, 5) is 28.3. The molecule has 6 nitrogen and oxygen atoms in total. The lowest BCUT2D eigenvalue weighted by Gasteiger charge is -2.56. The zero-order valence-corrected chi connectivity index (χ0v) is 14.8. The number of carbonyl (C=O) groups excluding carboxylic acids is 1. The minimum atomic E-state index is 0.233. The van der Waals surface area contributed by atoms with Crippen LogP contribution in [0.5, 0.6) is 0 Å². The molecule has 0 saturated carbocycles. The maximum absolute atomic E-state index is 13.0. The van der Waals surface area contributed by atoms with E-state index < -0.39 is 0 Å². The summed E-state index contributed by atoms with van der Waals surface area (Å²) >= 11 is 0. The van der Waals surface area contributed by atoms with E-state index in [2.05, 4.69) is 38.0 Å². The number of fused-ring (bicyclic) bond motifs is 3. The van der Waals surface area contributed by atoms with Crippen LogP contribution in [0.25, 0.3) is 0 Å². The van der Waals surface area contributed by atoms with Crippen LogP contribution < -0.4 is 9.80 Å². The average Bonchev–Trinajstić information content (AvgIpc) is 2.72. The second kappa shape index (κ2) is 6.36. The SMILES string of the molecule is O=C(CN1C2CC1CN(c1ncccn1)C2)N1CCCc2ccccc21. The molecular formula is C20H23N5O. The first-order valence-corrected chi connectivity index (χ1v) is 9.45. The number of hydrogen-bond donors (Lipinski definition) is 0. The van der Waals surface area contributed by atoms with Gasteiger partial charge in [-0.05, 0) is 37.0 Å². The van der Waals surface area contributed by atoms with E-state index in [9.17, 15) is 4.79 Å². The van der Waals surface area contributed by atoms with E-state index in [0.717, 1.165) is 44.1 Å². The lowest BCUT2D eigenvalue weighted by atomic mass is 9.87. The van der Waals surface area contributed by atoms with Gasteiger partial charge in [-0.1, -0.05) is 18.2 Å². The van der Waals surface area contributed by atoms with E-state index in [1.807, 2.05) is 17.0 Å². The van der Waals surface area contributed by atoms with Gasteiger partial charge in [0.2, 0.25) is 11.9 Å². The summed E-state index contributed by atoms with van der Waals surface area (Å²) in [6, 6.07) is 11.0. The van der Waals surface area contributed by atoms with Gasteiger partial charge in [-0.3, -0.25) is 9.69 Å². The normalized spacial score (nSPS) is 24.8. The van der Waals surface area contributed by atoms with Gasteiger partial charge in [0.1, 0.15) is 0 Å². The van der Waals surface area contributed by atoms with Crippen LogP contribution >= 0.6 is 0 Å². The number of benzene rings is 1. The van der Waals surface area contributed by atoms with Crippen molar-refractivity contribution in [3.8, 4) is 0 Å². The molecule has 4 aliphatic heterocycles. The predicted octanol–water partition coefficient (Wildman–Crippen LogP) is 1.72. The van der Waals surface area contributed by atoms with Gasteiger partial charge in [0.25, 0.3) is 0 Å². The van der Waals surface area contributed by atoms with Gasteiger partial charge in [-0.2, -0.15) is 0 Å². The van der Waals surface area contributed by atoms with E-state index in [0.29, 0.717) is 18.6 Å². The molecule has 0 aliphatic carbocycles. The lowest BCUT2D eigenvalue weighted by Crippen LogP contribution is -2.70. The Morgan fingerprint density at radius 2 is 1.85 bits per heavy atom. The van der Waals surface area contributed by atoms with Crippen molar-refractivity contribution in [1.29, 1.82) is 0 Å². The van der Waals surface area contributed by atoms with Gasteiger partial charge < -0.3 is 9.80 Å². The Kier molecular flexibility index (Phi) is 3.85. The lowest BCUT2D eigenvalue weighted by molar-refractivity contribution is -0.124. The number of nitrogens with zero attached hydrogens (tertiary/aromatic N) is 5. The maximum atomic E-state index is 13.0. The molecule has 26 heavy (non-hydrogen) atoms. The van der Waals surface area contributed by atoms with Crippen molar-refractivity contribution < 1.29 is 4.79 Å². The number of para-hydroxylation sites is 1. The Bertz CT molecular complexity index is 799. The molecule has 0 radical (unpaired) electrons. The van der Waals surface area contributed by atoms with Crippen molar-refractivity contribution in [3.05, 3.63) is 48.3 Å². The molecule has 2 unspecified atom stereocenters. The molecule has 1 aromatic heterocycles. The van der Waals surface area contributed by atoms with Crippen molar-refractivity contribution in [2.45, 2.75) is 31.3 Å². The number of anilines is 2. The summed E-state index contributed by atoms with van der Waals surface area (Å²) in [6.07, 6.45) is 6.87. The van der Waals surface area contributed by atoms with Crippen LogP contribution in [0.4, 0.5) is 11.6 Å². The molecule has 0 spiro atoms. The molecule has 3 saturated heterocycles. The molecule has 6 heteroatoms. The quantitative estimate of drug-likeness (QED) is 0.845. The molecule has 5 heterocycles. The molecule has 6 rings (SSSR count). The predicted molar refractivity (Wildman–Crippen MR) is 100 cm³/mol. The third-order valence-electron chi connectivity index (χ3n) is 5.91. The minimum absolute atomic E-state index is 0.233. The van der Waals surface area contributed by atoms with Crippen LogP contribution in [0.2, 0.25) is 0 Å². The standard InChI is InChI=1S/C20H23N5O/c26-19(24-10-3-6-15-5-1-2-7-18(15)24)14-25-16-11-17(25)13-23(12-16)20-21-8-4-9-22-20/h1-2,4-5,7-9,16-17H,3,6,10-14H2. The highest BCUT2D eigenvalue weighted by atomic mass is 16.2. The van der Waals surface area contributed by atoms with Gasteiger partial charge >= 0.3 is 0 Å². The molecule has 2 aromatic rings. The van der Waals surface area contributed by atoms with Gasteiger partial charge in [-0.25, -0.2) is 9.97 Å². The topological polar surface area (TPSA) is 52.6 Å². The van der Waals surface area contributed by atoms with Crippen LogP contribution in [0, 0.1) is 0 Å². The number of piperazine rings is 1. The summed E-state index contributed by atoms with van der Waals surface area (Å²) in [5.74, 6) is 1.04. The van der Waals surface area contributed by atoms with Crippen LogP contribution in [0.3, 0.4) is 0 Å². The number of carbonyl (C=O) groups is 1. The number of hydrogen-bond acceptors (Lipinski definition) is 5. The number of aryl methyl sites for hydroxylation is 1. The molecular weight excluding hydrogens is 326 g/mol. The summed E-state index contributed by atoms with van der Waals surface area (Å²) < 4.78 is 0. The van der Waals surface area contributed by atoms with Crippen molar-refractivity contribution in [1.82, 2.24) is 14.9 Å². The third kappa shape index (κ3) is 2.65. The summed E-state index contributed by atoms with van der Waals surface area (Å²) in [5, 5.41) is 0. The molecule has 1 aromatic carbocycles. The molecule has 2 atom stereocenters. The van der Waals surface area contributed by atoms with E-state index in [4.69, 9.17) is 0 Å². The third-order valence-corrected chi connectivity index (χ3v) is 5.91. The minimum Gasteiger partial charge on any atom is -0.338 e. The van der Waals surface area contributed by atoms with E-state index in [-0.39, 0.29) is 5.91 Å². The monoisotopic (exact) mass is 349 g/mol. The van der Waals surface area contributed by atoms with Crippen molar-refractivity contribution in [2.24, 2.45) is 0 Å². The first-order valence-electron chi connectivity index (χ1n) is 9.45. The van der Waals surface area contributed by atoms with Gasteiger partial charge in [0, 0.05) is 49.8 Å². The molecule has 4 aliphatic rings. The van der Waals surface area contributed by atoms with Crippen LogP contribution in [0.1, 0.15) is 18.4 Å². The van der Waals surface area contributed by atoms with Crippen molar-refractivity contribution in [2.75, 3.05) is 36.0 Å². The molecule has 2 bridgehead atoms. The largest absolute Gasteiger partial charge is 0.338 e. The maximum Gasteiger partial charge on any atom is 0.241 e. The zero-order chi connectivity index (χ0) is 17.5. The van der Waals surface area contributed by atoms with Crippen molar-refractivity contribution in [3.63, 3.8) is 0 Å². The van der Waals surface area contributed by atoms with E-state index >= 15 is 0 Å². The van der Waals surface area contributed by atoms with Crippen LogP contribution in [-0.4, -0.2) is 59.0 Å². The summed E-state index contributed by atoms with van der Waals surface area (Å²) in [5.41, 5.74) is 2.40. The zero-order valence-electron chi connectivity index (χ0n) is 14.8. The highest BCUT2D eigenvalue weighted by molar-refractivity contribution is 5.96. The van der Waals surface area contributed by atoms with Gasteiger partial charge in [0.05, 0.1) is 6.54 Å². The Labute approximate surface area is 153 Å². The first-order chi connectivity index (χ1) is 12.8. The van der Waals surface area contributed by atoms with Gasteiger partial charge in [-0.15, -0.1) is 0 Å². The number of piperidine rings is 1. The first kappa shape index (κ1) is 15.8. The smallest absolute Gasteiger partial charge is 0.241 e. The highest BCUT2D eigenvalue weighted by Gasteiger charge is 2.46. The molecule has 3 fully saturated rings. The second-order valence-corrected chi connectivity index (χ2v) is 7.45. The van der Waals surface area contributed by atoms with E-state index in [1.54, 1.807) is 12.4 Å². The molecule has 0 N–H and O–H groups in total. The number of aromatic nitrogens is 2. The number of amides is 1.